The molecule has 5 rings (SSSR count). The zero-order valence-electron chi connectivity index (χ0n) is 20.1. The van der Waals surface area contributed by atoms with Gasteiger partial charge in [-0.05, 0) is 24.0 Å². The van der Waals surface area contributed by atoms with Crippen molar-refractivity contribution in [3.8, 4) is 16.9 Å². The fourth-order valence-corrected chi connectivity index (χ4v) is 5.21. The van der Waals surface area contributed by atoms with Crippen LogP contribution in [0.25, 0.3) is 11.1 Å². The lowest BCUT2D eigenvalue weighted by molar-refractivity contribution is -0.114. The lowest BCUT2D eigenvalue weighted by atomic mass is 9.84. The van der Waals surface area contributed by atoms with E-state index in [1.54, 1.807) is 0 Å². The molecule has 8 heteroatoms. The Kier molecular flexibility index (Phi) is 5.96. The van der Waals surface area contributed by atoms with Gasteiger partial charge in [-0.3, -0.25) is 9.59 Å². The third-order valence-electron chi connectivity index (χ3n) is 6.82. The van der Waals surface area contributed by atoms with Crippen LogP contribution >= 0.6 is 0 Å². The predicted octanol–water partition coefficient (Wildman–Crippen LogP) is 5.13. The minimum Gasteiger partial charge on any atom is -0.493 e. The molecular weight excluding hydrogens is 463 g/mol. The smallest absolute Gasteiger partial charge is 0.411 e. The van der Waals surface area contributed by atoms with Gasteiger partial charge >= 0.3 is 6.09 Å². The maximum atomic E-state index is 14.6. The van der Waals surface area contributed by atoms with Gasteiger partial charge in [0, 0.05) is 36.7 Å². The van der Waals surface area contributed by atoms with Crippen LogP contribution in [0, 0.1) is 5.82 Å². The highest BCUT2D eigenvalue weighted by Crippen LogP contribution is 2.45. The van der Waals surface area contributed by atoms with Crippen LogP contribution in [0.4, 0.5) is 14.9 Å². The number of carbonyl (C=O) groups excluding carboxylic acids is 3. The van der Waals surface area contributed by atoms with Crippen LogP contribution < -0.4 is 10.1 Å². The van der Waals surface area contributed by atoms with E-state index < -0.39 is 35.7 Å². The Balaban J connectivity index is 1.44. The van der Waals surface area contributed by atoms with E-state index >= 15 is 0 Å². The van der Waals surface area contributed by atoms with E-state index in [0.717, 1.165) is 28.3 Å². The number of anilines is 1. The number of methoxy groups -OCH3 is 1. The number of likely N-dealkylation sites (N-methyl/N-ethyl adjacent to an activating group) is 1. The molecule has 0 aliphatic heterocycles. The predicted molar refractivity (Wildman–Crippen MR) is 132 cm³/mol. The Morgan fingerprint density at radius 3 is 2.25 bits per heavy atom. The number of amides is 2. The molecule has 2 aliphatic carbocycles. The van der Waals surface area contributed by atoms with Crippen molar-refractivity contribution in [3.63, 3.8) is 0 Å². The maximum absolute atomic E-state index is 14.6. The third kappa shape index (κ3) is 3.79. The Morgan fingerprint density at radius 1 is 1.06 bits per heavy atom. The number of rotatable bonds is 4. The van der Waals surface area contributed by atoms with Crippen molar-refractivity contribution >= 4 is 23.5 Å². The van der Waals surface area contributed by atoms with Crippen molar-refractivity contribution in [1.29, 1.82) is 0 Å². The van der Waals surface area contributed by atoms with Gasteiger partial charge < -0.3 is 19.7 Å². The lowest BCUT2D eigenvalue weighted by Crippen LogP contribution is -2.45. The Bertz CT molecular complexity index is 1360. The molecule has 7 nitrogen and oxygen atoms in total. The van der Waals surface area contributed by atoms with Crippen molar-refractivity contribution in [1.82, 2.24) is 4.90 Å². The van der Waals surface area contributed by atoms with Crippen molar-refractivity contribution in [2.75, 3.05) is 19.5 Å². The summed E-state index contributed by atoms with van der Waals surface area (Å²) in [4.78, 5) is 39.9. The molecule has 3 aromatic carbocycles. The summed E-state index contributed by atoms with van der Waals surface area (Å²) in [5.74, 6) is -1.55. The lowest BCUT2D eigenvalue weighted by Gasteiger charge is -2.33. The van der Waals surface area contributed by atoms with E-state index in [-0.39, 0.29) is 29.8 Å². The number of nitrogens with zero attached hydrogens (tertiary/aromatic N) is 1. The molecule has 1 unspecified atom stereocenters. The summed E-state index contributed by atoms with van der Waals surface area (Å²) < 4.78 is 25.8. The highest BCUT2D eigenvalue weighted by Gasteiger charge is 2.39. The zero-order chi connectivity index (χ0) is 25.6. The molecule has 1 atom stereocenters. The summed E-state index contributed by atoms with van der Waals surface area (Å²) in [6.45, 7) is 1.28. The first-order valence-corrected chi connectivity index (χ1v) is 11.6. The van der Waals surface area contributed by atoms with Crippen LogP contribution in [0.5, 0.6) is 5.75 Å². The van der Waals surface area contributed by atoms with E-state index in [0.29, 0.717) is 5.56 Å². The van der Waals surface area contributed by atoms with Gasteiger partial charge in [0.25, 0.3) is 0 Å². The molecule has 0 heterocycles. The molecule has 0 saturated carbocycles. The summed E-state index contributed by atoms with van der Waals surface area (Å²) in [6.07, 6.45) is -0.702. The first-order valence-electron chi connectivity index (χ1n) is 11.6. The quantitative estimate of drug-likeness (QED) is 0.551. The summed E-state index contributed by atoms with van der Waals surface area (Å²) in [6, 6.07) is 15.7. The van der Waals surface area contributed by atoms with Gasteiger partial charge in [0.1, 0.15) is 0 Å². The van der Waals surface area contributed by atoms with Crippen LogP contribution in [0.2, 0.25) is 0 Å². The van der Waals surface area contributed by atoms with Gasteiger partial charge in [-0.25, -0.2) is 9.18 Å². The second kappa shape index (κ2) is 9.11. The summed E-state index contributed by atoms with van der Waals surface area (Å²) in [5.41, 5.74) is 4.36. The zero-order valence-corrected chi connectivity index (χ0v) is 20.1. The van der Waals surface area contributed by atoms with Crippen LogP contribution in [-0.4, -0.2) is 42.9 Å². The average molecular weight is 489 g/mol. The number of ketones is 1. The standard InChI is InChI=1S/C28H25FN2O5/c1-15(32)30-22-14-21(29)27(35-3)20-12-13-23(25(33)24(20)22)31(2)28(34)36-26-18-10-6-4-8-16(18)17-9-5-7-11-19(17)26/h4-11,14,23,26H,12-13H2,1-3H3,(H,30,32). The highest BCUT2D eigenvalue weighted by atomic mass is 19.1. The molecule has 3 aromatic rings. The fraction of sp³-hybridized carbons (Fsp3) is 0.250. The number of Topliss-reactive ketones (excluding diaryl/α,β-unsaturated/α-hetero) is 1. The van der Waals surface area contributed by atoms with Gasteiger partial charge in [0.2, 0.25) is 5.91 Å². The highest BCUT2D eigenvalue weighted by molar-refractivity contribution is 6.10. The largest absolute Gasteiger partial charge is 0.493 e. The van der Waals surface area contributed by atoms with Crippen LogP contribution in [0.3, 0.4) is 0 Å². The maximum Gasteiger partial charge on any atom is 0.411 e. The summed E-state index contributed by atoms with van der Waals surface area (Å²) >= 11 is 0. The number of hydrogen-bond donors (Lipinski definition) is 1. The SMILES string of the molecule is COc1c(F)cc(NC(C)=O)c2c1CCC(N(C)C(=O)OC1c3ccccc3-c3ccccc31)C2=O. The van der Waals surface area contributed by atoms with Crippen LogP contribution in [-0.2, 0) is 16.0 Å². The number of fused-ring (bicyclic) bond motifs is 4. The number of hydrogen-bond acceptors (Lipinski definition) is 5. The van der Waals surface area contributed by atoms with Gasteiger partial charge in [-0.2, -0.15) is 0 Å². The Labute approximate surface area is 207 Å². The number of benzene rings is 3. The summed E-state index contributed by atoms with van der Waals surface area (Å²) in [7, 11) is 2.84. The van der Waals surface area contributed by atoms with E-state index in [9.17, 15) is 18.8 Å². The monoisotopic (exact) mass is 488 g/mol. The van der Waals surface area contributed by atoms with Crippen LogP contribution in [0.1, 0.15) is 46.5 Å². The van der Waals surface area contributed by atoms with Crippen molar-refractivity contribution in [2.24, 2.45) is 0 Å². The van der Waals surface area contributed by atoms with E-state index in [2.05, 4.69) is 5.32 Å². The topological polar surface area (TPSA) is 84.9 Å². The molecule has 0 fully saturated rings. The van der Waals surface area contributed by atoms with Crippen molar-refractivity contribution < 1.29 is 28.2 Å². The molecule has 184 valence electrons. The molecule has 0 bridgehead atoms. The average Bonchev–Trinajstić information content (AvgIpc) is 3.17. The first kappa shape index (κ1) is 23.5. The summed E-state index contributed by atoms with van der Waals surface area (Å²) in [5, 5.41) is 2.53. The normalized spacial score (nSPS) is 16.0. The van der Waals surface area contributed by atoms with Gasteiger partial charge in [-0.15, -0.1) is 0 Å². The molecule has 0 spiro atoms. The van der Waals surface area contributed by atoms with E-state index in [4.69, 9.17) is 9.47 Å². The minimum absolute atomic E-state index is 0.0321. The second-order valence-electron chi connectivity index (χ2n) is 8.94. The Hall–Kier alpha value is -4.20. The fourth-order valence-electron chi connectivity index (χ4n) is 5.21. The molecule has 2 amide bonds. The number of ether oxygens (including phenoxy) is 2. The number of carbonyl (C=O) groups is 3. The van der Waals surface area contributed by atoms with Gasteiger partial charge in [0.05, 0.1) is 24.4 Å². The van der Waals surface area contributed by atoms with Gasteiger partial charge in [0.15, 0.2) is 23.5 Å². The number of nitrogens with one attached hydrogen (secondary N) is 1. The minimum atomic E-state index is -0.848. The molecule has 0 saturated heterocycles. The molecular formula is C28H25FN2O5. The van der Waals surface area contributed by atoms with Crippen molar-refractivity contribution in [3.05, 3.63) is 82.7 Å². The van der Waals surface area contributed by atoms with Crippen molar-refractivity contribution in [2.45, 2.75) is 31.9 Å². The molecule has 36 heavy (non-hydrogen) atoms. The molecule has 1 N–H and O–H groups in total. The number of halogens is 1. The van der Waals surface area contributed by atoms with E-state index in [1.165, 1.54) is 26.0 Å². The van der Waals surface area contributed by atoms with Crippen LogP contribution in [0.15, 0.2) is 54.6 Å². The molecule has 2 aliphatic rings. The van der Waals surface area contributed by atoms with Gasteiger partial charge in [-0.1, -0.05) is 48.5 Å². The third-order valence-corrected chi connectivity index (χ3v) is 6.82. The molecule has 0 radical (unpaired) electrons. The first-order chi connectivity index (χ1) is 17.3. The second-order valence-corrected chi connectivity index (χ2v) is 8.94. The van der Waals surface area contributed by atoms with E-state index in [1.807, 2.05) is 48.5 Å². The molecule has 0 aromatic heterocycles. The Morgan fingerprint density at radius 2 is 1.67 bits per heavy atom.